The third kappa shape index (κ3) is 5.06. The Morgan fingerprint density at radius 3 is 2.21 bits per heavy atom. The Balaban J connectivity index is 2.33. The molecule has 1 atom stereocenters. The lowest BCUT2D eigenvalue weighted by molar-refractivity contribution is 0.260. The van der Waals surface area contributed by atoms with Crippen molar-refractivity contribution < 1.29 is 9.00 Å². The Hall–Kier alpha value is -1.89. The predicted molar refractivity (Wildman–Crippen MR) is 98.8 cm³/mol. The van der Waals surface area contributed by atoms with Gasteiger partial charge in [0.1, 0.15) is 9.92 Å². The lowest BCUT2D eigenvalue weighted by Gasteiger charge is -2.15. The summed E-state index contributed by atoms with van der Waals surface area (Å²) < 4.78 is 20.0. The molecule has 0 aromatic heterocycles. The molecular weight excluding hydrogens is 346 g/mol. The van der Waals surface area contributed by atoms with Crippen molar-refractivity contribution in [3.8, 4) is 0 Å². The maximum atomic E-state index is 13.2. The van der Waals surface area contributed by atoms with Gasteiger partial charge in [-0.1, -0.05) is 29.3 Å². The van der Waals surface area contributed by atoms with E-state index in [2.05, 4.69) is 14.4 Å². The van der Waals surface area contributed by atoms with Crippen molar-refractivity contribution >= 4 is 33.2 Å². The quantitative estimate of drug-likeness (QED) is 0.829. The first kappa shape index (κ1) is 18.4. The fourth-order valence-electron chi connectivity index (χ4n) is 1.99. The van der Waals surface area contributed by atoms with Crippen LogP contribution >= 0.6 is 11.6 Å². The second-order valence-corrected chi connectivity index (χ2v) is 8.02. The van der Waals surface area contributed by atoms with Crippen molar-refractivity contribution in [1.82, 2.24) is 4.72 Å². The first-order valence-electron chi connectivity index (χ1n) is 7.46. The van der Waals surface area contributed by atoms with Crippen LogP contribution in [0.3, 0.4) is 0 Å². The van der Waals surface area contributed by atoms with Gasteiger partial charge in [-0.3, -0.25) is 0 Å². The van der Waals surface area contributed by atoms with Crippen LogP contribution in [-0.4, -0.2) is 16.3 Å². The third-order valence-electron chi connectivity index (χ3n) is 3.04. The number of amides is 2. The predicted octanol–water partition coefficient (Wildman–Crippen LogP) is 4.62. The summed E-state index contributed by atoms with van der Waals surface area (Å²) in [6, 6.07) is 12.9. The normalized spacial score (nSPS) is 13.4. The highest BCUT2D eigenvalue weighted by molar-refractivity contribution is 7.92. The van der Waals surface area contributed by atoms with Gasteiger partial charge in [-0.25, -0.2) is 13.7 Å². The molecule has 2 amide bonds. The van der Waals surface area contributed by atoms with Crippen LogP contribution in [0, 0.1) is 6.92 Å². The van der Waals surface area contributed by atoms with Gasteiger partial charge in [-0.2, -0.15) is 0 Å². The maximum absolute atomic E-state index is 13.2. The molecule has 24 heavy (non-hydrogen) atoms. The second-order valence-electron chi connectivity index (χ2n) is 5.64. The molecule has 0 bridgehead atoms. The molecule has 0 aliphatic rings. The smallest absolute Gasteiger partial charge is 0.306 e. The number of anilines is 1. The zero-order valence-corrected chi connectivity index (χ0v) is 15.3. The molecule has 2 rings (SSSR count). The second kappa shape index (κ2) is 7.79. The van der Waals surface area contributed by atoms with E-state index in [4.69, 9.17) is 11.6 Å². The number of benzene rings is 2. The van der Waals surface area contributed by atoms with Crippen LogP contribution in [0.5, 0.6) is 0 Å². The van der Waals surface area contributed by atoms with Crippen molar-refractivity contribution in [2.75, 3.05) is 5.32 Å². The molecule has 0 saturated carbocycles. The van der Waals surface area contributed by atoms with Crippen LogP contribution in [0.15, 0.2) is 57.8 Å². The minimum atomic E-state index is -3.07. The minimum Gasteiger partial charge on any atom is -0.306 e. The first-order valence-corrected chi connectivity index (χ1v) is 9.35. The molecule has 0 heterocycles. The summed E-state index contributed by atoms with van der Waals surface area (Å²) in [4.78, 5) is 12.7. The van der Waals surface area contributed by atoms with E-state index < -0.39 is 15.9 Å². The lowest BCUT2D eigenvalue weighted by Crippen LogP contribution is -2.31. The van der Waals surface area contributed by atoms with E-state index >= 15 is 0 Å². The fraction of sp³-hybridized carbons (Fsp3) is 0.235. The fourth-order valence-corrected chi connectivity index (χ4v) is 3.83. The van der Waals surface area contributed by atoms with Crippen molar-refractivity contribution in [1.29, 1.82) is 0 Å². The summed E-state index contributed by atoms with van der Waals surface area (Å²) in [7, 11) is -3.07. The van der Waals surface area contributed by atoms with Gasteiger partial charge in [0.2, 0.25) is 0 Å². The molecule has 1 unspecified atom stereocenters. The molecule has 128 valence electrons. The number of halogens is 1. The number of aryl methyl sites for hydroxylation is 1. The Morgan fingerprint density at radius 1 is 1.08 bits per heavy atom. The molecular formula is C17H20ClN3O2S. The number of rotatable bonds is 4. The number of hydrogen-bond donors (Lipinski definition) is 2. The molecule has 0 fully saturated rings. The molecule has 2 N–H and O–H groups in total. The molecule has 0 spiro atoms. The molecule has 0 aliphatic carbocycles. The van der Waals surface area contributed by atoms with Crippen molar-refractivity contribution in [2.45, 2.75) is 31.7 Å². The monoisotopic (exact) mass is 365 g/mol. The van der Waals surface area contributed by atoms with Crippen LogP contribution < -0.4 is 10.0 Å². The topological polar surface area (TPSA) is 70.6 Å². The van der Waals surface area contributed by atoms with E-state index in [9.17, 15) is 9.00 Å². The van der Waals surface area contributed by atoms with E-state index in [0.29, 0.717) is 15.6 Å². The summed E-state index contributed by atoms with van der Waals surface area (Å²) in [5.74, 6) is 0. The lowest BCUT2D eigenvalue weighted by atomic mass is 10.2. The van der Waals surface area contributed by atoms with Gasteiger partial charge in [0, 0.05) is 16.8 Å². The summed E-state index contributed by atoms with van der Waals surface area (Å²) in [6.45, 7) is 5.63. The largest absolute Gasteiger partial charge is 0.354 e. The molecule has 7 heteroatoms. The number of nitrogens with one attached hydrogen (secondary N) is 2. The van der Waals surface area contributed by atoms with E-state index in [0.717, 1.165) is 5.56 Å². The highest BCUT2D eigenvalue weighted by Crippen LogP contribution is 2.16. The van der Waals surface area contributed by atoms with Crippen molar-refractivity contribution in [2.24, 2.45) is 4.36 Å². The maximum Gasteiger partial charge on any atom is 0.354 e. The van der Waals surface area contributed by atoms with Crippen molar-refractivity contribution in [3.63, 3.8) is 0 Å². The summed E-state index contributed by atoms with van der Waals surface area (Å²) in [5.41, 5.74) is 1.57. The number of urea groups is 1. The van der Waals surface area contributed by atoms with Gasteiger partial charge in [0.25, 0.3) is 0 Å². The Kier molecular flexibility index (Phi) is 5.99. The van der Waals surface area contributed by atoms with E-state index in [1.165, 1.54) is 0 Å². The van der Waals surface area contributed by atoms with Gasteiger partial charge in [0.05, 0.1) is 4.90 Å². The average Bonchev–Trinajstić information content (AvgIpc) is 2.49. The first-order chi connectivity index (χ1) is 11.3. The minimum absolute atomic E-state index is 0.106. The average molecular weight is 366 g/mol. The van der Waals surface area contributed by atoms with Crippen LogP contribution in [0.25, 0.3) is 0 Å². The number of carbonyl (C=O) groups is 1. The molecule has 0 radical (unpaired) electrons. The molecule has 0 aliphatic heterocycles. The van der Waals surface area contributed by atoms with Crippen LogP contribution in [0.2, 0.25) is 5.02 Å². The standard InChI is InChI=1S/C17H20ClN3O2S/c1-12(2)20-24(23,16-10-4-13(3)5-11-16)21-17(22)19-15-8-6-14(18)7-9-15/h4-12H,1-3H3,(H2,19,20,21,22,23). The van der Waals surface area contributed by atoms with Crippen molar-refractivity contribution in [3.05, 3.63) is 59.1 Å². The van der Waals surface area contributed by atoms with Crippen LogP contribution in [0.1, 0.15) is 19.4 Å². The Labute approximate surface area is 147 Å². The SMILES string of the molecule is Cc1ccc(S(=O)(=NC(=O)Nc2ccc(Cl)cc2)NC(C)C)cc1. The highest BCUT2D eigenvalue weighted by Gasteiger charge is 2.16. The van der Waals surface area contributed by atoms with E-state index in [-0.39, 0.29) is 6.04 Å². The summed E-state index contributed by atoms with van der Waals surface area (Å²) in [6.07, 6.45) is 0. The molecule has 2 aromatic carbocycles. The van der Waals surface area contributed by atoms with Crippen LogP contribution in [-0.2, 0) is 9.92 Å². The van der Waals surface area contributed by atoms with Gasteiger partial charge in [-0.15, -0.1) is 4.36 Å². The molecule has 0 saturated heterocycles. The molecule has 5 nitrogen and oxygen atoms in total. The third-order valence-corrected chi connectivity index (χ3v) is 5.42. The number of hydrogen-bond acceptors (Lipinski definition) is 2. The van der Waals surface area contributed by atoms with Crippen LogP contribution in [0.4, 0.5) is 10.5 Å². The van der Waals surface area contributed by atoms with Gasteiger partial charge < -0.3 is 5.32 Å². The van der Waals surface area contributed by atoms with E-state index in [1.807, 2.05) is 32.9 Å². The zero-order valence-electron chi connectivity index (χ0n) is 13.7. The summed E-state index contributed by atoms with van der Waals surface area (Å²) in [5, 5.41) is 3.16. The van der Waals surface area contributed by atoms with Gasteiger partial charge in [0.15, 0.2) is 0 Å². The number of nitrogens with zero attached hydrogens (tertiary/aromatic N) is 1. The Morgan fingerprint density at radius 2 is 1.67 bits per heavy atom. The van der Waals surface area contributed by atoms with Gasteiger partial charge in [-0.05, 0) is 57.2 Å². The summed E-state index contributed by atoms with van der Waals surface area (Å²) >= 11 is 5.81. The van der Waals surface area contributed by atoms with Gasteiger partial charge >= 0.3 is 6.03 Å². The highest BCUT2D eigenvalue weighted by atomic mass is 35.5. The zero-order chi connectivity index (χ0) is 17.7. The van der Waals surface area contributed by atoms with E-state index in [1.54, 1.807) is 36.4 Å². The molecule has 2 aromatic rings. The number of carbonyl (C=O) groups excluding carboxylic acids is 1. The Bertz CT molecular complexity index is 824.